The summed E-state index contributed by atoms with van der Waals surface area (Å²) in [5, 5.41) is 2.49. The van der Waals surface area contributed by atoms with Gasteiger partial charge in [0.15, 0.2) is 28.7 Å². The van der Waals surface area contributed by atoms with Crippen molar-refractivity contribution < 1.29 is 46.9 Å². The standard InChI is InChI=1S/C28H17F2NO8/c1-4-7-31-26(34)15-5-6-17-16(8-15)27(35)39-28(17)18-9-20(29)24(36-13(2)32)11-22(18)38-23-12-25(37-14(3)33)21(30)10-19(23)28/h1,5-6,8-12H,7H2,2-3H3,(H,31,34). The molecule has 0 aliphatic carbocycles. The molecule has 0 radical (unpaired) electrons. The highest BCUT2D eigenvalue weighted by Gasteiger charge is 2.54. The summed E-state index contributed by atoms with van der Waals surface area (Å²) in [4.78, 5) is 48.6. The van der Waals surface area contributed by atoms with Crippen LogP contribution in [0.3, 0.4) is 0 Å². The Kier molecular flexibility index (Phi) is 6.03. The predicted octanol–water partition coefficient (Wildman–Crippen LogP) is 3.75. The molecule has 0 atom stereocenters. The lowest BCUT2D eigenvalue weighted by atomic mass is 9.77. The number of rotatable bonds is 4. The van der Waals surface area contributed by atoms with Crippen LogP contribution in [0.25, 0.3) is 0 Å². The molecule has 1 N–H and O–H groups in total. The Morgan fingerprint density at radius 3 is 2.00 bits per heavy atom. The Balaban J connectivity index is 1.77. The minimum absolute atomic E-state index is 0.0420. The van der Waals surface area contributed by atoms with Gasteiger partial charge in [-0.3, -0.25) is 14.4 Å². The second kappa shape index (κ2) is 9.25. The SMILES string of the molecule is C#CCNC(=O)c1ccc2c(c1)C(=O)OC21c2cc(F)c(OC(C)=O)cc2Oc2cc(OC(C)=O)c(F)cc21. The molecule has 1 amide bonds. The summed E-state index contributed by atoms with van der Waals surface area (Å²) in [6.45, 7) is 2.12. The number of benzene rings is 3. The third-order valence-electron chi connectivity index (χ3n) is 6.03. The van der Waals surface area contributed by atoms with Crippen molar-refractivity contribution in [3.05, 3.63) is 81.9 Å². The van der Waals surface area contributed by atoms with E-state index in [1.54, 1.807) is 0 Å². The minimum Gasteiger partial charge on any atom is -0.456 e. The van der Waals surface area contributed by atoms with Gasteiger partial charge < -0.3 is 24.3 Å². The molecule has 2 heterocycles. The van der Waals surface area contributed by atoms with Crippen molar-refractivity contribution >= 4 is 23.8 Å². The van der Waals surface area contributed by atoms with E-state index in [2.05, 4.69) is 11.2 Å². The van der Waals surface area contributed by atoms with Crippen LogP contribution < -0.4 is 19.5 Å². The molecule has 2 aliphatic rings. The molecule has 39 heavy (non-hydrogen) atoms. The fraction of sp³-hybridized carbons (Fsp3) is 0.143. The van der Waals surface area contributed by atoms with Gasteiger partial charge in [-0.15, -0.1) is 6.42 Å². The third kappa shape index (κ3) is 4.12. The first-order chi connectivity index (χ1) is 18.5. The average Bonchev–Trinajstić information content (AvgIpc) is 3.16. The summed E-state index contributed by atoms with van der Waals surface area (Å²) < 4.78 is 51.8. The Morgan fingerprint density at radius 1 is 0.923 bits per heavy atom. The van der Waals surface area contributed by atoms with Gasteiger partial charge in [0, 0.05) is 37.1 Å². The van der Waals surface area contributed by atoms with Crippen molar-refractivity contribution in [3.8, 4) is 35.3 Å². The van der Waals surface area contributed by atoms with Crippen LogP contribution in [-0.2, 0) is 19.9 Å². The van der Waals surface area contributed by atoms with Gasteiger partial charge in [-0.2, -0.15) is 0 Å². The number of ether oxygens (including phenoxy) is 4. The molecule has 2 aliphatic heterocycles. The van der Waals surface area contributed by atoms with E-state index in [4.69, 9.17) is 25.4 Å². The zero-order valence-corrected chi connectivity index (χ0v) is 20.3. The monoisotopic (exact) mass is 533 g/mol. The van der Waals surface area contributed by atoms with Gasteiger partial charge in [-0.05, 0) is 24.3 Å². The highest BCUT2D eigenvalue weighted by molar-refractivity contribution is 6.01. The lowest BCUT2D eigenvalue weighted by Gasteiger charge is -2.36. The quantitative estimate of drug-likeness (QED) is 0.306. The zero-order chi connectivity index (χ0) is 28.1. The van der Waals surface area contributed by atoms with Crippen molar-refractivity contribution in [2.75, 3.05) is 6.54 Å². The fourth-order valence-electron chi connectivity index (χ4n) is 4.56. The van der Waals surface area contributed by atoms with Crippen molar-refractivity contribution in [1.29, 1.82) is 0 Å². The maximum atomic E-state index is 15.1. The smallest absolute Gasteiger partial charge is 0.340 e. The van der Waals surface area contributed by atoms with Crippen LogP contribution in [0, 0.1) is 24.0 Å². The van der Waals surface area contributed by atoms with Gasteiger partial charge in [0.2, 0.25) is 0 Å². The molecular weight excluding hydrogens is 516 g/mol. The van der Waals surface area contributed by atoms with Crippen LogP contribution in [-0.4, -0.2) is 30.4 Å². The van der Waals surface area contributed by atoms with E-state index >= 15 is 8.78 Å². The summed E-state index contributed by atoms with van der Waals surface area (Å²) in [6, 6.07) is 8.16. The summed E-state index contributed by atoms with van der Waals surface area (Å²) >= 11 is 0. The van der Waals surface area contributed by atoms with E-state index in [1.807, 2.05) is 0 Å². The van der Waals surface area contributed by atoms with E-state index in [-0.39, 0.29) is 45.9 Å². The third-order valence-corrected chi connectivity index (χ3v) is 6.03. The molecule has 5 rings (SSSR count). The number of amides is 1. The molecule has 0 fully saturated rings. The van der Waals surface area contributed by atoms with Crippen LogP contribution in [0.15, 0.2) is 42.5 Å². The van der Waals surface area contributed by atoms with Crippen molar-refractivity contribution in [2.24, 2.45) is 0 Å². The Bertz CT molecular complexity index is 1580. The Labute approximate surface area is 219 Å². The Morgan fingerprint density at radius 2 is 1.49 bits per heavy atom. The number of hydrogen-bond acceptors (Lipinski definition) is 8. The summed E-state index contributed by atoms with van der Waals surface area (Å²) in [5.41, 5.74) is -1.81. The molecule has 3 aromatic carbocycles. The van der Waals surface area contributed by atoms with Crippen LogP contribution in [0.5, 0.6) is 23.0 Å². The largest absolute Gasteiger partial charge is 0.456 e. The van der Waals surface area contributed by atoms with Crippen molar-refractivity contribution in [2.45, 2.75) is 19.4 Å². The molecule has 3 aromatic rings. The normalized spacial score (nSPS) is 13.7. The van der Waals surface area contributed by atoms with E-state index in [0.717, 1.165) is 38.1 Å². The number of carbonyl (C=O) groups is 4. The maximum absolute atomic E-state index is 15.1. The first-order valence-electron chi connectivity index (χ1n) is 11.4. The molecule has 0 unspecified atom stereocenters. The average molecular weight is 533 g/mol. The summed E-state index contributed by atoms with van der Waals surface area (Å²) in [5.74, 6) is -3.83. The molecule has 0 saturated carbocycles. The number of fused-ring (bicyclic) bond motifs is 6. The molecular formula is C28H17F2NO8. The number of esters is 3. The van der Waals surface area contributed by atoms with Crippen LogP contribution in [0.4, 0.5) is 8.78 Å². The topological polar surface area (TPSA) is 117 Å². The van der Waals surface area contributed by atoms with Gasteiger partial charge in [0.25, 0.3) is 5.91 Å². The summed E-state index contributed by atoms with van der Waals surface area (Å²) in [6.07, 6.45) is 5.18. The van der Waals surface area contributed by atoms with Gasteiger partial charge in [0.1, 0.15) is 11.5 Å². The zero-order valence-electron chi connectivity index (χ0n) is 20.3. The molecule has 0 aromatic heterocycles. The van der Waals surface area contributed by atoms with E-state index < -0.39 is 52.5 Å². The summed E-state index contributed by atoms with van der Waals surface area (Å²) in [7, 11) is 0. The molecule has 0 bridgehead atoms. The van der Waals surface area contributed by atoms with Crippen molar-refractivity contribution in [3.63, 3.8) is 0 Å². The number of nitrogens with one attached hydrogen (secondary N) is 1. The lowest BCUT2D eigenvalue weighted by molar-refractivity contribution is -0.133. The maximum Gasteiger partial charge on any atom is 0.340 e. The van der Waals surface area contributed by atoms with E-state index in [9.17, 15) is 19.2 Å². The first kappa shape index (κ1) is 25.4. The molecule has 9 nitrogen and oxygen atoms in total. The van der Waals surface area contributed by atoms with Gasteiger partial charge >= 0.3 is 17.9 Å². The van der Waals surface area contributed by atoms with E-state index in [1.165, 1.54) is 18.2 Å². The number of carbonyl (C=O) groups excluding carboxylic acids is 4. The highest BCUT2D eigenvalue weighted by Crippen LogP contribution is 2.57. The molecule has 196 valence electrons. The fourth-order valence-corrected chi connectivity index (χ4v) is 4.56. The first-order valence-corrected chi connectivity index (χ1v) is 11.4. The lowest BCUT2D eigenvalue weighted by Crippen LogP contribution is -2.33. The van der Waals surface area contributed by atoms with E-state index in [0.29, 0.717) is 0 Å². The number of hydrogen-bond donors (Lipinski definition) is 1. The molecule has 1 spiro atoms. The minimum atomic E-state index is -1.94. The Hall–Kier alpha value is -5.24. The second-order valence-electron chi connectivity index (χ2n) is 8.56. The molecule has 11 heteroatoms. The molecule has 0 saturated heterocycles. The van der Waals surface area contributed by atoms with Gasteiger partial charge in [0.05, 0.1) is 23.2 Å². The highest BCUT2D eigenvalue weighted by atomic mass is 19.1. The predicted molar refractivity (Wildman–Crippen MR) is 128 cm³/mol. The van der Waals surface area contributed by atoms with Crippen LogP contribution in [0.1, 0.15) is 51.3 Å². The van der Waals surface area contributed by atoms with Gasteiger partial charge in [-0.1, -0.05) is 12.0 Å². The van der Waals surface area contributed by atoms with Crippen LogP contribution >= 0.6 is 0 Å². The second-order valence-corrected chi connectivity index (χ2v) is 8.56. The van der Waals surface area contributed by atoms with Gasteiger partial charge in [-0.25, -0.2) is 13.6 Å². The number of halogens is 2. The number of terminal acetylenes is 1. The van der Waals surface area contributed by atoms with Crippen molar-refractivity contribution in [1.82, 2.24) is 5.32 Å². The van der Waals surface area contributed by atoms with Crippen LogP contribution in [0.2, 0.25) is 0 Å².